The highest BCUT2D eigenvalue weighted by molar-refractivity contribution is 6.30. The van der Waals surface area contributed by atoms with Gasteiger partial charge >= 0.3 is 0 Å². The zero-order valence-electron chi connectivity index (χ0n) is 9.65. The topological polar surface area (TPSA) is 68.3 Å². The van der Waals surface area contributed by atoms with E-state index in [0.717, 1.165) is 5.56 Å². The van der Waals surface area contributed by atoms with Gasteiger partial charge in [-0.25, -0.2) is 0 Å². The number of nitrogens with one attached hydrogen (secondary N) is 1. The van der Waals surface area contributed by atoms with Crippen LogP contribution in [0.25, 0.3) is 0 Å². The number of hydrogen-bond acceptors (Lipinski definition) is 3. The molecule has 0 atom stereocenters. The molecule has 1 aromatic carbocycles. The lowest BCUT2D eigenvalue weighted by Crippen LogP contribution is -2.22. The van der Waals surface area contributed by atoms with E-state index in [2.05, 4.69) is 5.32 Å². The van der Waals surface area contributed by atoms with Crippen LogP contribution in [-0.4, -0.2) is 5.91 Å². The fourth-order valence-corrected chi connectivity index (χ4v) is 1.61. The maximum Gasteiger partial charge on any atom is 0.287 e. The van der Waals surface area contributed by atoms with Gasteiger partial charge in [0.05, 0.1) is 6.54 Å². The molecular weight excluding hydrogens is 252 g/mol. The van der Waals surface area contributed by atoms with Gasteiger partial charge in [-0.15, -0.1) is 0 Å². The summed E-state index contributed by atoms with van der Waals surface area (Å²) in [7, 11) is 0. The van der Waals surface area contributed by atoms with Gasteiger partial charge in [0.2, 0.25) is 0 Å². The number of hydrogen-bond donors (Lipinski definition) is 2. The van der Waals surface area contributed by atoms with E-state index in [4.69, 9.17) is 21.8 Å². The minimum absolute atomic E-state index is 0.260. The van der Waals surface area contributed by atoms with Crippen molar-refractivity contribution in [1.29, 1.82) is 0 Å². The molecule has 0 aliphatic heterocycles. The van der Waals surface area contributed by atoms with Crippen LogP contribution in [-0.2, 0) is 13.1 Å². The van der Waals surface area contributed by atoms with E-state index in [0.29, 0.717) is 17.3 Å². The molecular formula is C13H13ClN2O2. The highest BCUT2D eigenvalue weighted by Gasteiger charge is 2.09. The van der Waals surface area contributed by atoms with Crippen molar-refractivity contribution in [3.63, 3.8) is 0 Å². The largest absolute Gasteiger partial charge is 0.455 e. The first-order chi connectivity index (χ1) is 8.69. The molecule has 0 radical (unpaired) electrons. The van der Waals surface area contributed by atoms with E-state index in [1.54, 1.807) is 24.3 Å². The third kappa shape index (κ3) is 3.12. The zero-order chi connectivity index (χ0) is 13.0. The first-order valence-corrected chi connectivity index (χ1v) is 5.88. The van der Waals surface area contributed by atoms with Gasteiger partial charge in [-0.05, 0) is 29.8 Å². The highest BCUT2D eigenvalue weighted by Crippen LogP contribution is 2.10. The molecule has 0 bridgehead atoms. The number of halogens is 1. The number of furan rings is 1. The van der Waals surface area contributed by atoms with E-state index in [1.807, 2.05) is 12.1 Å². The summed E-state index contributed by atoms with van der Waals surface area (Å²) in [5.41, 5.74) is 6.38. The molecule has 4 nitrogen and oxygen atoms in total. The van der Waals surface area contributed by atoms with Crippen LogP contribution < -0.4 is 11.1 Å². The van der Waals surface area contributed by atoms with Crippen LogP contribution in [0.2, 0.25) is 5.02 Å². The summed E-state index contributed by atoms with van der Waals surface area (Å²) in [6.45, 7) is 0.707. The summed E-state index contributed by atoms with van der Waals surface area (Å²) >= 11 is 5.77. The Morgan fingerprint density at radius 3 is 2.56 bits per heavy atom. The first-order valence-electron chi connectivity index (χ1n) is 5.50. The molecule has 94 valence electrons. The van der Waals surface area contributed by atoms with Crippen molar-refractivity contribution in [3.05, 3.63) is 58.5 Å². The molecule has 0 spiro atoms. The molecule has 5 heteroatoms. The summed E-state index contributed by atoms with van der Waals surface area (Å²) in [4.78, 5) is 11.7. The van der Waals surface area contributed by atoms with Crippen LogP contribution >= 0.6 is 11.6 Å². The highest BCUT2D eigenvalue weighted by atomic mass is 35.5. The van der Waals surface area contributed by atoms with Gasteiger partial charge in [0.1, 0.15) is 5.76 Å². The van der Waals surface area contributed by atoms with Crippen LogP contribution in [0.4, 0.5) is 0 Å². The van der Waals surface area contributed by atoms with Crippen molar-refractivity contribution < 1.29 is 9.21 Å². The van der Waals surface area contributed by atoms with Crippen LogP contribution in [0, 0.1) is 0 Å². The minimum Gasteiger partial charge on any atom is -0.455 e. The summed E-state index contributed by atoms with van der Waals surface area (Å²) in [5, 5.41) is 3.43. The SMILES string of the molecule is NCc1ccc(C(=O)NCc2ccc(Cl)cc2)o1. The molecule has 0 unspecified atom stereocenters. The number of benzene rings is 1. The van der Waals surface area contributed by atoms with Crippen molar-refractivity contribution in [3.8, 4) is 0 Å². The molecule has 18 heavy (non-hydrogen) atoms. The van der Waals surface area contributed by atoms with Gasteiger partial charge in [0.25, 0.3) is 5.91 Å². The number of amides is 1. The average Bonchev–Trinajstić information content (AvgIpc) is 2.86. The van der Waals surface area contributed by atoms with E-state index in [-0.39, 0.29) is 18.2 Å². The molecule has 2 aromatic rings. The van der Waals surface area contributed by atoms with Gasteiger partial charge in [-0.1, -0.05) is 23.7 Å². The first kappa shape index (κ1) is 12.7. The number of carbonyl (C=O) groups is 1. The molecule has 1 amide bonds. The normalized spacial score (nSPS) is 10.3. The maximum absolute atomic E-state index is 11.7. The average molecular weight is 265 g/mol. The standard InChI is InChI=1S/C13H13ClN2O2/c14-10-3-1-9(2-4-10)8-16-13(17)12-6-5-11(7-15)18-12/h1-6H,7-8,15H2,(H,16,17). The molecule has 0 saturated carbocycles. The van der Waals surface area contributed by atoms with Crippen LogP contribution in [0.3, 0.4) is 0 Å². The number of carbonyl (C=O) groups excluding carboxylic acids is 1. The quantitative estimate of drug-likeness (QED) is 0.890. The lowest BCUT2D eigenvalue weighted by Gasteiger charge is -2.03. The zero-order valence-corrected chi connectivity index (χ0v) is 10.4. The van der Waals surface area contributed by atoms with E-state index in [9.17, 15) is 4.79 Å². The van der Waals surface area contributed by atoms with Crippen molar-refractivity contribution in [1.82, 2.24) is 5.32 Å². The van der Waals surface area contributed by atoms with E-state index >= 15 is 0 Å². The van der Waals surface area contributed by atoms with Crippen LogP contribution in [0.1, 0.15) is 21.9 Å². The Kier molecular flexibility index (Phi) is 4.02. The maximum atomic E-state index is 11.7. The van der Waals surface area contributed by atoms with Crippen molar-refractivity contribution >= 4 is 17.5 Å². The molecule has 0 saturated heterocycles. The van der Waals surface area contributed by atoms with Crippen LogP contribution in [0.5, 0.6) is 0 Å². The van der Waals surface area contributed by atoms with Crippen molar-refractivity contribution in [2.75, 3.05) is 0 Å². The summed E-state index contributed by atoms with van der Waals surface area (Å²) in [5.74, 6) is 0.598. The second-order valence-corrected chi connectivity index (χ2v) is 4.22. The monoisotopic (exact) mass is 264 g/mol. The Balaban J connectivity index is 1.93. The Morgan fingerprint density at radius 1 is 1.22 bits per heavy atom. The summed E-state index contributed by atoms with van der Waals surface area (Å²) < 4.78 is 5.24. The third-order valence-electron chi connectivity index (χ3n) is 2.45. The van der Waals surface area contributed by atoms with E-state index in [1.165, 1.54) is 0 Å². The van der Waals surface area contributed by atoms with Gasteiger partial charge in [-0.3, -0.25) is 4.79 Å². The lowest BCUT2D eigenvalue weighted by atomic mass is 10.2. The molecule has 0 aliphatic rings. The second-order valence-electron chi connectivity index (χ2n) is 3.78. The predicted molar refractivity (Wildman–Crippen MR) is 69.2 cm³/mol. The predicted octanol–water partition coefficient (Wildman–Crippen LogP) is 2.32. The molecule has 2 rings (SSSR count). The molecule has 1 aromatic heterocycles. The van der Waals surface area contributed by atoms with Gasteiger partial charge < -0.3 is 15.5 Å². The summed E-state index contributed by atoms with van der Waals surface area (Å²) in [6.07, 6.45) is 0. The lowest BCUT2D eigenvalue weighted by molar-refractivity contribution is 0.0921. The Morgan fingerprint density at radius 2 is 1.94 bits per heavy atom. The fourth-order valence-electron chi connectivity index (χ4n) is 1.48. The van der Waals surface area contributed by atoms with Crippen molar-refractivity contribution in [2.45, 2.75) is 13.1 Å². The molecule has 0 aliphatic carbocycles. The van der Waals surface area contributed by atoms with Crippen LogP contribution in [0.15, 0.2) is 40.8 Å². The molecule has 3 N–H and O–H groups in total. The van der Waals surface area contributed by atoms with Gasteiger partial charge in [-0.2, -0.15) is 0 Å². The molecule has 0 fully saturated rings. The minimum atomic E-state index is -0.260. The second kappa shape index (κ2) is 5.71. The van der Waals surface area contributed by atoms with E-state index < -0.39 is 0 Å². The Labute approximate surface area is 110 Å². The third-order valence-corrected chi connectivity index (χ3v) is 2.70. The Hall–Kier alpha value is -1.78. The Bertz CT molecular complexity index is 534. The summed E-state index contributed by atoms with van der Waals surface area (Å²) in [6, 6.07) is 10.6. The smallest absolute Gasteiger partial charge is 0.287 e. The van der Waals surface area contributed by atoms with Gasteiger partial charge in [0.15, 0.2) is 5.76 Å². The van der Waals surface area contributed by atoms with Gasteiger partial charge in [0, 0.05) is 11.6 Å². The van der Waals surface area contributed by atoms with Crippen molar-refractivity contribution in [2.24, 2.45) is 5.73 Å². The number of rotatable bonds is 4. The fraction of sp³-hybridized carbons (Fsp3) is 0.154. The number of nitrogens with two attached hydrogens (primary N) is 1. The molecule has 1 heterocycles.